The van der Waals surface area contributed by atoms with Gasteiger partial charge in [0.05, 0.1) is 17.1 Å². The highest BCUT2D eigenvalue weighted by Crippen LogP contribution is 2.48. The lowest BCUT2D eigenvalue weighted by Crippen LogP contribution is -2.30. The molecular weight excluding hydrogens is 447 g/mol. The molecular formula is C23H17FN4O2S2. The van der Waals surface area contributed by atoms with Crippen molar-refractivity contribution < 1.29 is 13.9 Å². The molecule has 1 amide bonds. The van der Waals surface area contributed by atoms with E-state index in [0.29, 0.717) is 11.0 Å². The van der Waals surface area contributed by atoms with Crippen LogP contribution in [0.4, 0.5) is 15.8 Å². The van der Waals surface area contributed by atoms with Gasteiger partial charge in [-0.1, -0.05) is 59.9 Å². The third-order valence-corrected chi connectivity index (χ3v) is 6.68. The van der Waals surface area contributed by atoms with Gasteiger partial charge in [0.2, 0.25) is 11.1 Å². The van der Waals surface area contributed by atoms with Crippen LogP contribution in [-0.2, 0) is 11.4 Å². The second-order valence-corrected chi connectivity index (χ2v) is 8.87. The predicted octanol–water partition coefficient (Wildman–Crippen LogP) is 5.44. The molecule has 0 saturated heterocycles. The van der Waals surface area contributed by atoms with Crippen molar-refractivity contribution in [1.29, 1.82) is 0 Å². The third-order valence-electron chi connectivity index (χ3n) is 4.72. The summed E-state index contributed by atoms with van der Waals surface area (Å²) in [6, 6.07) is 21.9. The Morgan fingerprint density at radius 1 is 1.00 bits per heavy atom. The number of carbonyl (C=O) groups is 1. The van der Waals surface area contributed by atoms with Crippen molar-refractivity contribution in [2.45, 2.75) is 21.6 Å². The van der Waals surface area contributed by atoms with Gasteiger partial charge in [0.1, 0.15) is 6.61 Å². The lowest BCUT2D eigenvalue weighted by Gasteiger charge is -2.30. The summed E-state index contributed by atoms with van der Waals surface area (Å²) in [5.41, 5.74) is 1.74. The van der Waals surface area contributed by atoms with Gasteiger partial charge in [0.15, 0.2) is 17.4 Å². The van der Waals surface area contributed by atoms with Gasteiger partial charge in [0, 0.05) is 9.79 Å². The van der Waals surface area contributed by atoms with Crippen LogP contribution in [0.15, 0.2) is 87.7 Å². The maximum absolute atomic E-state index is 13.7. The molecule has 0 atom stereocenters. The standard InChI is InChI=1S/C23H17FN4O2S2/c24-15-7-1-4-10-18(15)30-13-21-25-23(27-26-21)31-14-22(29)28-16-8-2-5-11-19(16)32-20-12-6-3-9-17(20)28/h1-12H,13-14H2,(H,25,26,27). The fraction of sp³-hybridized carbons (Fsp3) is 0.0870. The Labute approximate surface area is 192 Å². The first-order valence-corrected chi connectivity index (χ1v) is 11.6. The maximum atomic E-state index is 13.7. The Hall–Kier alpha value is -3.30. The van der Waals surface area contributed by atoms with Gasteiger partial charge in [-0.25, -0.2) is 9.37 Å². The predicted molar refractivity (Wildman–Crippen MR) is 122 cm³/mol. The number of ether oxygens (including phenoxy) is 1. The zero-order valence-corrected chi connectivity index (χ0v) is 18.3. The molecule has 0 unspecified atom stereocenters. The minimum Gasteiger partial charge on any atom is -0.483 e. The second kappa shape index (κ2) is 9.05. The number of benzene rings is 3. The van der Waals surface area contributed by atoms with Crippen LogP contribution in [0.3, 0.4) is 0 Å². The molecule has 0 fully saturated rings. The summed E-state index contributed by atoms with van der Waals surface area (Å²) in [6.45, 7) is 0.0482. The number of para-hydroxylation sites is 3. The average Bonchev–Trinajstić information content (AvgIpc) is 3.28. The van der Waals surface area contributed by atoms with E-state index >= 15 is 0 Å². The minimum absolute atomic E-state index is 0.0482. The largest absolute Gasteiger partial charge is 0.483 e. The van der Waals surface area contributed by atoms with E-state index in [1.165, 1.54) is 17.8 Å². The maximum Gasteiger partial charge on any atom is 0.242 e. The van der Waals surface area contributed by atoms with Crippen LogP contribution in [0.25, 0.3) is 0 Å². The quantitative estimate of drug-likeness (QED) is 0.383. The van der Waals surface area contributed by atoms with E-state index in [1.54, 1.807) is 34.9 Å². The molecule has 1 aliphatic heterocycles. The number of rotatable bonds is 6. The molecule has 0 bridgehead atoms. The van der Waals surface area contributed by atoms with E-state index < -0.39 is 5.82 Å². The summed E-state index contributed by atoms with van der Waals surface area (Å²) in [4.78, 5) is 21.4. The van der Waals surface area contributed by atoms with Gasteiger partial charge >= 0.3 is 0 Å². The second-order valence-electron chi connectivity index (χ2n) is 6.84. The lowest BCUT2D eigenvalue weighted by molar-refractivity contribution is -0.115. The van der Waals surface area contributed by atoms with Crippen LogP contribution < -0.4 is 9.64 Å². The number of halogens is 1. The van der Waals surface area contributed by atoms with Crippen molar-refractivity contribution in [2.75, 3.05) is 10.7 Å². The first-order chi connectivity index (χ1) is 15.7. The number of hydrogen-bond acceptors (Lipinski definition) is 6. The number of aromatic nitrogens is 3. The zero-order valence-electron chi connectivity index (χ0n) is 16.7. The zero-order chi connectivity index (χ0) is 21.9. The Kier molecular flexibility index (Phi) is 5.83. The number of aromatic amines is 1. The van der Waals surface area contributed by atoms with Gasteiger partial charge in [0.25, 0.3) is 0 Å². The molecule has 9 heteroatoms. The Balaban J connectivity index is 1.27. The normalized spacial score (nSPS) is 12.2. The number of thioether (sulfide) groups is 1. The Morgan fingerprint density at radius 3 is 2.38 bits per heavy atom. The van der Waals surface area contributed by atoms with Crippen LogP contribution in [0.2, 0.25) is 0 Å². The summed E-state index contributed by atoms with van der Waals surface area (Å²) in [5.74, 6) is 0.261. The first-order valence-electron chi connectivity index (χ1n) is 9.79. The van der Waals surface area contributed by atoms with E-state index in [1.807, 2.05) is 48.5 Å². The number of H-pyrrole nitrogens is 1. The number of carbonyl (C=O) groups excluding carboxylic acids is 1. The molecule has 4 aromatic rings. The van der Waals surface area contributed by atoms with Crippen LogP contribution in [-0.4, -0.2) is 26.8 Å². The molecule has 32 heavy (non-hydrogen) atoms. The molecule has 5 rings (SSSR count). The number of amides is 1. The van der Waals surface area contributed by atoms with Gasteiger partial charge in [-0.05, 0) is 36.4 Å². The summed E-state index contributed by atoms with van der Waals surface area (Å²) in [7, 11) is 0. The summed E-state index contributed by atoms with van der Waals surface area (Å²) >= 11 is 2.89. The van der Waals surface area contributed by atoms with E-state index in [4.69, 9.17) is 4.74 Å². The van der Waals surface area contributed by atoms with Crippen LogP contribution in [0.5, 0.6) is 5.75 Å². The smallest absolute Gasteiger partial charge is 0.242 e. The number of hydrogen-bond donors (Lipinski definition) is 1. The van der Waals surface area contributed by atoms with E-state index in [2.05, 4.69) is 15.2 Å². The molecule has 0 spiro atoms. The summed E-state index contributed by atoms with van der Waals surface area (Å²) in [6.07, 6.45) is 0. The molecule has 1 aromatic heterocycles. The van der Waals surface area contributed by atoms with Gasteiger partial charge < -0.3 is 4.74 Å². The van der Waals surface area contributed by atoms with Crippen molar-refractivity contribution in [1.82, 2.24) is 15.2 Å². The Morgan fingerprint density at radius 2 is 1.66 bits per heavy atom. The molecule has 2 heterocycles. The minimum atomic E-state index is -0.438. The van der Waals surface area contributed by atoms with E-state index in [0.717, 1.165) is 21.2 Å². The van der Waals surface area contributed by atoms with Gasteiger partial charge in [-0.3, -0.25) is 14.8 Å². The third kappa shape index (κ3) is 4.21. The first kappa shape index (κ1) is 20.6. The highest BCUT2D eigenvalue weighted by Gasteiger charge is 2.28. The van der Waals surface area contributed by atoms with Crippen molar-refractivity contribution >= 4 is 40.8 Å². The van der Waals surface area contributed by atoms with Crippen molar-refractivity contribution in [3.8, 4) is 5.75 Å². The van der Waals surface area contributed by atoms with Crippen LogP contribution in [0.1, 0.15) is 5.82 Å². The highest BCUT2D eigenvalue weighted by molar-refractivity contribution is 8.00. The molecule has 3 aromatic carbocycles. The van der Waals surface area contributed by atoms with Crippen LogP contribution >= 0.6 is 23.5 Å². The average molecular weight is 465 g/mol. The molecule has 1 aliphatic rings. The number of anilines is 2. The molecule has 1 N–H and O–H groups in total. The van der Waals surface area contributed by atoms with Gasteiger partial charge in [-0.2, -0.15) is 0 Å². The molecule has 160 valence electrons. The number of nitrogens with one attached hydrogen (secondary N) is 1. The monoisotopic (exact) mass is 464 g/mol. The molecule has 0 radical (unpaired) electrons. The Bertz CT molecular complexity index is 1230. The van der Waals surface area contributed by atoms with Gasteiger partial charge in [-0.15, -0.1) is 5.10 Å². The molecule has 6 nitrogen and oxygen atoms in total. The van der Waals surface area contributed by atoms with E-state index in [-0.39, 0.29) is 24.0 Å². The number of nitrogens with zero attached hydrogens (tertiary/aromatic N) is 3. The van der Waals surface area contributed by atoms with Crippen LogP contribution in [0, 0.1) is 5.82 Å². The van der Waals surface area contributed by atoms with E-state index in [9.17, 15) is 9.18 Å². The van der Waals surface area contributed by atoms with Crippen molar-refractivity contribution in [2.24, 2.45) is 0 Å². The van der Waals surface area contributed by atoms with Crippen molar-refractivity contribution in [3.05, 3.63) is 84.4 Å². The fourth-order valence-corrected chi connectivity index (χ4v) is 5.00. The van der Waals surface area contributed by atoms with Crippen molar-refractivity contribution in [3.63, 3.8) is 0 Å². The number of fused-ring (bicyclic) bond motifs is 2. The topological polar surface area (TPSA) is 71.1 Å². The SMILES string of the molecule is O=C(CSc1n[nH]c(COc2ccccc2F)n1)N1c2ccccc2Sc2ccccc21. The summed E-state index contributed by atoms with van der Waals surface area (Å²) < 4.78 is 19.1. The molecule has 0 saturated carbocycles. The summed E-state index contributed by atoms with van der Waals surface area (Å²) in [5, 5.41) is 7.34. The lowest BCUT2D eigenvalue weighted by atomic mass is 10.2. The highest BCUT2D eigenvalue weighted by atomic mass is 32.2. The fourth-order valence-electron chi connectivity index (χ4n) is 3.28. The molecule has 0 aliphatic carbocycles.